The summed E-state index contributed by atoms with van der Waals surface area (Å²) < 4.78 is 24.3. The third-order valence-electron chi connectivity index (χ3n) is 3.30. The third kappa shape index (κ3) is 5.37. The second kappa shape index (κ2) is 7.62. The van der Waals surface area contributed by atoms with Crippen LogP contribution in [0, 0.1) is 0 Å². The molecule has 0 bridgehead atoms. The molecule has 1 N–H and O–H groups in total. The molecule has 0 spiro atoms. The minimum atomic E-state index is -3.56. The molecule has 2 aromatic rings. The fourth-order valence-corrected chi connectivity index (χ4v) is 3.74. The quantitative estimate of drug-likeness (QED) is 0.866. The molecular weight excluding hydrogens is 334 g/mol. The van der Waals surface area contributed by atoms with Crippen molar-refractivity contribution in [1.29, 1.82) is 0 Å². The van der Waals surface area contributed by atoms with Crippen LogP contribution in [0.25, 0.3) is 0 Å². The van der Waals surface area contributed by atoms with Crippen LogP contribution in [0.5, 0.6) is 0 Å². The molecule has 2 aromatic carbocycles. The van der Waals surface area contributed by atoms with Crippen LogP contribution in [-0.2, 0) is 26.8 Å². The van der Waals surface area contributed by atoms with Gasteiger partial charge in [-0.05, 0) is 35.7 Å². The number of para-hydroxylation sites is 1. The van der Waals surface area contributed by atoms with E-state index in [4.69, 9.17) is 11.6 Å². The number of aryl methyl sites for hydroxylation is 1. The van der Waals surface area contributed by atoms with E-state index < -0.39 is 21.5 Å². The van der Waals surface area contributed by atoms with Crippen LogP contribution < -0.4 is 5.32 Å². The van der Waals surface area contributed by atoms with Gasteiger partial charge in [0.2, 0.25) is 5.91 Å². The van der Waals surface area contributed by atoms with Crippen molar-refractivity contribution in [3.05, 3.63) is 64.7 Å². The second-order valence-electron chi connectivity index (χ2n) is 5.22. The lowest BCUT2D eigenvalue weighted by Crippen LogP contribution is -2.24. The summed E-state index contributed by atoms with van der Waals surface area (Å²) in [5.41, 5.74) is 2.19. The molecule has 6 heteroatoms. The Morgan fingerprint density at radius 3 is 2.57 bits per heavy atom. The first-order chi connectivity index (χ1) is 10.9. The highest BCUT2D eigenvalue weighted by Gasteiger charge is 2.18. The lowest BCUT2D eigenvalue weighted by atomic mass is 10.1. The Balaban J connectivity index is 2.04. The Labute approximate surface area is 141 Å². The highest BCUT2D eigenvalue weighted by Crippen LogP contribution is 2.16. The fraction of sp³-hybridized carbons (Fsp3) is 0.235. The van der Waals surface area contributed by atoms with Gasteiger partial charge in [-0.25, -0.2) is 8.42 Å². The molecule has 0 aliphatic rings. The first kappa shape index (κ1) is 17.5. The molecule has 0 heterocycles. The smallest absolute Gasteiger partial charge is 0.239 e. The SMILES string of the molecule is CCc1ccccc1NC(=O)CS(=O)(=O)Cc1cccc(Cl)c1. The van der Waals surface area contributed by atoms with Crippen molar-refractivity contribution >= 4 is 33.0 Å². The predicted molar refractivity (Wildman–Crippen MR) is 93.4 cm³/mol. The minimum absolute atomic E-state index is 0.212. The molecular formula is C17H18ClNO3S. The van der Waals surface area contributed by atoms with Crippen LogP contribution >= 0.6 is 11.6 Å². The number of carbonyl (C=O) groups is 1. The lowest BCUT2D eigenvalue weighted by molar-refractivity contribution is -0.113. The van der Waals surface area contributed by atoms with E-state index in [1.54, 1.807) is 36.4 Å². The summed E-state index contributed by atoms with van der Waals surface area (Å²) in [6.45, 7) is 1.97. The molecule has 2 rings (SSSR count). The van der Waals surface area contributed by atoms with E-state index in [-0.39, 0.29) is 5.75 Å². The Morgan fingerprint density at radius 1 is 1.13 bits per heavy atom. The number of rotatable bonds is 6. The monoisotopic (exact) mass is 351 g/mol. The van der Waals surface area contributed by atoms with Crippen molar-refractivity contribution in [2.75, 3.05) is 11.1 Å². The van der Waals surface area contributed by atoms with E-state index in [1.165, 1.54) is 0 Å². The van der Waals surface area contributed by atoms with Crippen molar-refractivity contribution in [3.8, 4) is 0 Å². The zero-order valence-corrected chi connectivity index (χ0v) is 14.3. The normalized spacial score (nSPS) is 11.2. The zero-order valence-electron chi connectivity index (χ0n) is 12.8. The van der Waals surface area contributed by atoms with Crippen molar-refractivity contribution in [1.82, 2.24) is 0 Å². The average Bonchev–Trinajstić information content (AvgIpc) is 2.46. The van der Waals surface area contributed by atoms with Gasteiger partial charge in [0.25, 0.3) is 0 Å². The highest BCUT2D eigenvalue weighted by molar-refractivity contribution is 7.91. The summed E-state index contributed by atoms with van der Waals surface area (Å²) in [5.74, 6) is -1.30. The number of anilines is 1. The molecule has 122 valence electrons. The fourth-order valence-electron chi connectivity index (χ4n) is 2.27. The molecule has 0 fully saturated rings. The van der Waals surface area contributed by atoms with Gasteiger partial charge in [-0.2, -0.15) is 0 Å². The molecule has 1 amide bonds. The van der Waals surface area contributed by atoms with Crippen molar-refractivity contribution in [2.24, 2.45) is 0 Å². The van der Waals surface area contributed by atoms with Crippen LogP contribution in [0.2, 0.25) is 5.02 Å². The summed E-state index contributed by atoms with van der Waals surface area (Å²) in [6.07, 6.45) is 0.756. The molecule has 23 heavy (non-hydrogen) atoms. The Hall–Kier alpha value is -1.85. The standard InChI is InChI=1S/C17H18ClNO3S/c1-2-14-7-3-4-9-16(14)19-17(20)12-23(21,22)11-13-6-5-8-15(18)10-13/h3-10H,2,11-12H2,1H3,(H,19,20). The van der Waals surface area contributed by atoms with Gasteiger partial charge in [0.1, 0.15) is 5.75 Å². The summed E-state index contributed by atoms with van der Waals surface area (Å²) in [7, 11) is -3.56. The summed E-state index contributed by atoms with van der Waals surface area (Å²) in [6, 6.07) is 14.0. The number of amides is 1. The Kier molecular flexibility index (Phi) is 5.80. The van der Waals surface area contributed by atoms with Gasteiger partial charge in [0.05, 0.1) is 5.75 Å². The molecule has 0 atom stereocenters. The number of carbonyl (C=O) groups excluding carboxylic acids is 1. The molecule has 0 unspecified atom stereocenters. The summed E-state index contributed by atoms with van der Waals surface area (Å²) in [4.78, 5) is 12.0. The van der Waals surface area contributed by atoms with Gasteiger partial charge in [-0.15, -0.1) is 0 Å². The van der Waals surface area contributed by atoms with E-state index in [0.717, 1.165) is 12.0 Å². The van der Waals surface area contributed by atoms with Gasteiger partial charge in [0.15, 0.2) is 9.84 Å². The van der Waals surface area contributed by atoms with Gasteiger partial charge >= 0.3 is 0 Å². The lowest BCUT2D eigenvalue weighted by Gasteiger charge is -2.10. The van der Waals surface area contributed by atoms with Crippen molar-refractivity contribution < 1.29 is 13.2 Å². The van der Waals surface area contributed by atoms with Crippen molar-refractivity contribution in [3.63, 3.8) is 0 Å². The van der Waals surface area contributed by atoms with E-state index in [9.17, 15) is 13.2 Å². The van der Waals surface area contributed by atoms with Gasteiger partial charge in [0, 0.05) is 10.7 Å². The van der Waals surface area contributed by atoms with Gasteiger partial charge < -0.3 is 5.32 Å². The topological polar surface area (TPSA) is 63.2 Å². The highest BCUT2D eigenvalue weighted by atomic mass is 35.5. The third-order valence-corrected chi connectivity index (χ3v) is 5.01. The van der Waals surface area contributed by atoms with Crippen LogP contribution in [0.15, 0.2) is 48.5 Å². The maximum Gasteiger partial charge on any atom is 0.239 e. The maximum atomic E-state index is 12.2. The molecule has 4 nitrogen and oxygen atoms in total. The number of hydrogen-bond acceptors (Lipinski definition) is 3. The number of hydrogen-bond donors (Lipinski definition) is 1. The first-order valence-corrected chi connectivity index (χ1v) is 9.42. The predicted octanol–water partition coefficient (Wildman–Crippen LogP) is 3.46. The van der Waals surface area contributed by atoms with Crippen LogP contribution in [0.4, 0.5) is 5.69 Å². The largest absolute Gasteiger partial charge is 0.325 e. The van der Waals surface area contributed by atoms with E-state index in [2.05, 4.69) is 5.32 Å². The van der Waals surface area contributed by atoms with Gasteiger partial charge in [-0.1, -0.05) is 48.9 Å². The molecule has 0 aliphatic carbocycles. The molecule has 0 aromatic heterocycles. The molecule has 0 radical (unpaired) electrons. The molecule has 0 aliphatic heterocycles. The average molecular weight is 352 g/mol. The van der Waals surface area contributed by atoms with Crippen LogP contribution in [-0.4, -0.2) is 20.1 Å². The van der Waals surface area contributed by atoms with E-state index in [0.29, 0.717) is 16.3 Å². The number of benzene rings is 2. The first-order valence-electron chi connectivity index (χ1n) is 7.22. The van der Waals surface area contributed by atoms with Crippen molar-refractivity contribution in [2.45, 2.75) is 19.1 Å². The van der Waals surface area contributed by atoms with Crippen LogP contribution in [0.3, 0.4) is 0 Å². The van der Waals surface area contributed by atoms with Gasteiger partial charge in [-0.3, -0.25) is 4.79 Å². The number of sulfone groups is 1. The number of nitrogens with one attached hydrogen (secondary N) is 1. The van der Waals surface area contributed by atoms with Crippen LogP contribution in [0.1, 0.15) is 18.1 Å². The van der Waals surface area contributed by atoms with E-state index in [1.807, 2.05) is 19.1 Å². The zero-order chi connectivity index (χ0) is 16.9. The Morgan fingerprint density at radius 2 is 1.87 bits per heavy atom. The molecule has 0 saturated carbocycles. The minimum Gasteiger partial charge on any atom is -0.325 e. The number of halogens is 1. The Bertz CT molecular complexity index is 803. The maximum absolute atomic E-state index is 12.2. The van der Waals surface area contributed by atoms with E-state index >= 15 is 0 Å². The molecule has 0 saturated heterocycles. The second-order valence-corrected chi connectivity index (χ2v) is 7.72. The summed E-state index contributed by atoms with van der Waals surface area (Å²) in [5, 5.41) is 3.14. The summed E-state index contributed by atoms with van der Waals surface area (Å²) >= 11 is 5.85.